The Morgan fingerprint density at radius 1 is 0.889 bits per heavy atom. The molecule has 1 aromatic carbocycles. The Bertz CT molecular complexity index is 417. The van der Waals surface area contributed by atoms with Gasteiger partial charge in [0.05, 0.1) is 0 Å². The van der Waals surface area contributed by atoms with E-state index in [4.69, 9.17) is 0 Å². The summed E-state index contributed by atoms with van der Waals surface area (Å²) < 4.78 is 66.9. The van der Waals surface area contributed by atoms with Gasteiger partial charge in [-0.15, -0.1) is 0 Å². The van der Waals surface area contributed by atoms with Crippen molar-refractivity contribution in [1.29, 1.82) is 0 Å². The molecule has 0 aliphatic heterocycles. The molecule has 102 valence electrons. The van der Waals surface area contributed by atoms with E-state index in [1.807, 2.05) is 0 Å². The number of benzene rings is 1. The van der Waals surface area contributed by atoms with Gasteiger partial charge in [0, 0.05) is 6.92 Å². The van der Waals surface area contributed by atoms with Crippen LogP contribution >= 0.6 is 0 Å². The minimum Gasteiger partial charge on any atom is -0.420 e. The van der Waals surface area contributed by atoms with Gasteiger partial charge < -0.3 is 4.74 Å². The van der Waals surface area contributed by atoms with Crippen molar-refractivity contribution in [1.82, 2.24) is 0 Å². The maximum atomic E-state index is 12.8. The second-order valence-corrected chi connectivity index (χ2v) is 3.20. The molecule has 0 aliphatic rings. The number of ether oxygens (including phenoxy) is 1. The Morgan fingerprint density at radius 3 is 1.44 bits per heavy atom. The quantitative estimate of drug-likeness (QED) is 0.255. The van der Waals surface area contributed by atoms with Crippen LogP contribution in [0, 0.1) is 29.1 Å². The number of halogens is 5. The lowest BCUT2D eigenvalue weighted by molar-refractivity contribution is -0.132. The van der Waals surface area contributed by atoms with Gasteiger partial charge in [0.2, 0.25) is 34.8 Å². The number of carbonyl (C=O) groups excluding carboxylic acids is 1. The lowest BCUT2D eigenvalue weighted by atomic mass is 10.2. The smallest absolute Gasteiger partial charge is 0.308 e. The van der Waals surface area contributed by atoms with E-state index in [1.165, 1.54) is 6.42 Å². The first kappa shape index (κ1) is 16.3. The normalized spacial score (nSPS) is 9.56. The van der Waals surface area contributed by atoms with Gasteiger partial charge in [-0.3, -0.25) is 4.79 Å². The molecule has 0 fully saturated rings. The van der Waals surface area contributed by atoms with Gasteiger partial charge in [-0.1, -0.05) is 20.3 Å². The molecule has 0 saturated heterocycles. The summed E-state index contributed by atoms with van der Waals surface area (Å²) in [6.07, 6.45) is 1.25. The maximum absolute atomic E-state index is 12.8. The zero-order chi connectivity index (χ0) is 14.5. The van der Waals surface area contributed by atoms with Gasteiger partial charge in [0.1, 0.15) is 0 Å². The van der Waals surface area contributed by atoms with E-state index in [9.17, 15) is 26.7 Å². The zero-order valence-electron chi connectivity index (χ0n) is 9.91. The molecule has 0 spiro atoms. The largest absolute Gasteiger partial charge is 0.420 e. The van der Waals surface area contributed by atoms with E-state index < -0.39 is 40.8 Å². The van der Waals surface area contributed by atoms with Crippen molar-refractivity contribution >= 4 is 5.97 Å². The number of rotatable bonds is 1. The van der Waals surface area contributed by atoms with Gasteiger partial charge in [0.25, 0.3) is 0 Å². The summed E-state index contributed by atoms with van der Waals surface area (Å²) in [5.41, 5.74) is 0. The van der Waals surface area contributed by atoms with Crippen molar-refractivity contribution in [2.24, 2.45) is 0 Å². The molecule has 0 aromatic heterocycles. The van der Waals surface area contributed by atoms with Crippen molar-refractivity contribution in [3.8, 4) is 5.75 Å². The molecule has 7 heteroatoms. The van der Waals surface area contributed by atoms with Crippen LogP contribution in [0.4, 0.5) is 22.0 Å². The fourth-order valence-electron chi connectivity index (χ4n) is 0.818. The van der Waals surface area contributed by atoms with Crippen LogP contribution in [0.2, 0.25) is 0 Å². The molecule has 0 heterocycles. The van der Waals surface area contributed by atoms with Crippen molar-refractivity contribution < 1.29 is 31.5 Å². The summed E-state index contributed by atoms with van der Waals surface area (Å²) in [6, 6.07) is 0. The monoisotopic (exact) mass is 270 g/mol. The minimum atomic E-state index is -2.30. The molecule has 0 aliphatic carbocycles. The van der Waals surface area contributed by atoms with Gasteiger partial charge in [-0.2, -0.15) is 8.78 Å². The van der Waals surface area contributed by atoms with Crippen molar-refractivity contribution in [2.45, 2.75) is 27.2 Å². The molecule has 2 nitrogen and oxygen atoms in total. The molecule has 18 heavy (non-hydrogen) atoms. The van der Waals surface area contributed by atoms with E-state index >= 15 is 0 Å². The fourth-order valence-corrected chi connectivity index (χ4v) is 0.818. The van der Waals surface area contributed by atoms with Gasteiger partial charge in [-0.05, 0) is 0 Å². The van der Waals surface area contributed by atoms with Crippen LogP contribution in [-0.4, -0.2) is 5.97 Å². The Labute approximate surface area is 100 Å². The number of esters is 1. The summed E-state index contributed by atoms with van der Waals surface area (Å²) in [6.45, 7) is 5.01. The highest BCUT2D eigenvalue weighted by Crippen LogP contribution is 2.28. The summed E-state index contributed by atoms with van der Waals surface area (Å²) in [4.78, 5) is 10.3. The predicted octanol–water partition coefficient (Wildman–Crippen LogP) is 3.72. The maximum Gasteiger partial charge on any atom is 0.308 e. The molecule has 1 aromatic rings. The Kier molecular flexibility index (Phi) is 6.29. The fraction of sp³-hybridized carbons (Fsp3) is 0.364. The second-order valence-electron chi connectivity index (χ2n) is 3.20. The highest BCUT2D eigenvalue weighted by molar-refractivity contribution is 5.69. The molecule has 0 atom stereocenters. The molecule has 0 bridgehead atoms. The summed E-state index contributed by atoms with van der Waals surface area (Å²) in [5.74, 6) is -13.8. The highest BCUT2D eigenvalue weighted by Gasteiger charge is 2.27. The van der Waals surface area contributed by atoms with Crippen LogP contribution in [0.15, 0.2) is 0 Å². The Hall–Kier alpha value is -1.66. The zero-order valence-corrected chi connectivity index (χ0v) is 9.91. The molecule has 0 N–H and O–H groups in total. The molecular formula is C11H11F5O2. The first-order valence-corrected chi connectivity index (χ1v) is 4.97. The van der Waals surface area contributed by atoms with Crippen LogP contribution in [-0.2, 0) is 4.79 Å². The standard InChI is InChI=1S/C8H3F5O2.C3H8/c1-2(14)15-8-6(12)4(10)3(9)5(11)7(8)13;1-3-2/h1H3;3H2,1-2H3. The van der Waals surface area contributed by atoms with Crippen LogP contribution in [0.25, 0.3) is 0 Å². The molecule has 1 rings (SSSR count). The molecule has 0 amide bonds. The summed E-state index contributed by atoms with van der Waals surface area (Å²) in [7, 11) is 0. The van der Waals surface area contributed by atoms with E-state index in [2.05, 4.69) is 18.6 Å². The molecule has 0 saturated carbocycles. The van der Waals surface area contributed by atoms with Gasteiger partial charge >= 0.3 is 5.97 Å². The van der Waals surface area contributed by atoms with Crippen LogP contribution in [0.3, 0.4) is 0 Å². The summed E-state index contributed by atoms with van der Waals surface area (Å²) in [5, 5.41) is 0. The second kappa shape index (κ2) is 6.93. The SMILES string of the molecule is CC(=O)Oc1c(F)c(F)c(F)c(F)c1F.CCC. The van der Waals surface area contributed by atoms with Gasteiger partial charge in [-0.25, -0.2) is 13.2 Å². The number of hydrogen-bond acceptors (Lipinski definition) is 2. The topological polar surface area (TPSA) is 26.3 Å². The van der Waals surface area contributed by atoms with E-state index in [0.29, 0.717) is 0 Å². The van der Waals surface area contributed by atoms with E-state index in [1.54, 1.807) is 0 Å². The highest BCUT2D eigenvalue weighted by atomic mass is 19.2. The first-order valence-electron chi connectivity index (χ1n) is 4.97. The third-order valence-corrected chi connectivity index (χ3v) is 1.42. The molecule has 0 unspecified atom stereocenters. The molecule has 0 radical (unpaired) electrons. The summed E-state index contributed by atoms with van der Waals surface area (Å²) >= 11 is 0. The lowest BCUT2D eigenvalue weighted by Crippen LogP contribution is -2.10. The Morgan fingerprint density at radius 2 is 1.17 bits per heavy atom. The van der Waals surface area contributed by atoms with Crippen molar-refractivity contribution in [3.63, 3.8) is 0 Å². The van der Waals surface area contributed by atoms with Crippen molar-refractivity contribution in [3.05, 3.63) is 29.1 Å². The van der Waals surface area contributed by atoms with Crippen LogP contribution in [0.1, 0.15) is 27.2 Å². The number of hydrogen-bond donors (Lipinski definition) is 0. The van der Waals surface area contributed by atoms with Crippen LogP contribution in [0.5, 0.6) is 5.75 Å². The predicted molar refractivity (Wildman–Crippen MR) is 53.5 cm³/mol. The van der Waals surface area contributed by atoms with E-state index in [-0.39, 0.29) is 0 Å². The average Bonchev–Trinajstić information content (AvgIpc) is 2.30. The third kappa shape index (κ3) is 3.68. The van der Waals surface area contributed by atoms with Gasteiger partial charge in [0.15, 0.2) is 0 Å². The van der Waals surface area contributed by atoms with Crippen molar-refractivity contribution in [2.75, 3.05) is 0 Å². The van der Waals surface area contributed by atoms with E-state index in [0.717, 1.165) is 6.92 Å². The average molecular weight is 270 g/mol. The number of carbonyl (C=O) groups is 1. The van der Waals surface area contributed by atoms with Crippen LogP contribution < -0.4 is 4.74 Å². The lowest BCUT2D eigenvalue weighted by Gasteiger charge is -2.06. The molecular weight excluding hydrogens is 259 g/mol. The first-order chi connectivity index (χ1) is 8.27. The third-order valence-electron chi connectivity index (χ3n) is 1.42. The Balaban J connectivity index is 0.000000873. The minimum absolute atomic E-state index is 0.762.